The standard InChI is InChI=1S/C13H17ClN4/c1-2-17-8-4-3-5-11(17)13-15-12-7-6-10(14)9-18(12)16-13/h6-7,9,11H,2-5,8H2,1H3. The molecule has 0 aromatic carbocycles. The zero-order valence-electron chi connectivity index (χ0n) is 10.5. The second kappa shape index (κ2) is 4.86. The van der Waals surface area contributed by atoms with Crippen LogP contribution in [0.25, 0.3) is 5.65 Å². The van der Waals surface area contributed by atoms with Gasteiger partial charge >= 0.3 is 0 Å². The lowest BCUT2D eigenvalue weighted by Gasteiger charge is -2.32. The van der Waals surface area contributed by atoms with Crippen LogP contribution in [0.4, 0.5) is 0 Å². The minimum absolute atomic E-state index is 0.363. The minimum atomic E-state index is 0.363. The van der Waals surface area contributed by atoms with E-state index in [1.807, 2.05) is 18.3 Å². The van der Waals surface area contributed by atoms with Crippen molar-refractivity contribution in [2.24, 2.45) is 0 Å². The molecule has 2 aromatic rings. The molecule has 2 aromatic heterocycles. The molecule has 1 atom stereocenters. The van der Waals surface area contributed by atoms with Gasteiger partial charge in [0.15, 0.2) is 11.5 Å². The number of hydrogen-bond acceptors (Lipinski definition) is 3. The summed E-state index contributed by atoms with van der Waals surface area (Å²) in [5, 5.41) is 5.26. The van der Waals surface area contributed by atoms with Crippen molar-refractivity contribution in [3.05, 3.63) is 29.2 Å². The topological polar surface area (TPSA) is 33.4 Å². The number of fused-ring (bicyclic) bond motifs is 1. The Morgan fingerprint density at radius 3 is 3.11 bits per heavy atom. The monoisotopic (exact) mass is 264 g/mol. The molecule has 4 nitrogen and oxygen atoms in total. The number of halogens is 1. The highest BCUT2D eigenvalue weighted by atomic mass is 35.5. The number of pyridine rings is 1. The van der Waals surface area contributed by atoms with Crippen LogP contribution in [0.2, 0.25) is 5.02 Å². The van der Waals surface area contributed by atoms with Gasteiger partial charge in [-0.25, -0.2) is 9.50 Å². The summed E-state index contributed by atoms with van der Waals surface area (Å²) < 4.78 is 1.78. The molecule has 1 aliphatic rings. The van der Waals surface area contributed by atoms with Crippen LogP contribution in [0, 0.1) is 0 Å². The van der Waals surface area contributed by atoms with Crippen LogP contribution in [-0.4, -0.2) is 32.6 Å². The average molecular weight is 265 g/mol. The fourth-order valence-corrected chi connectivity index (χ4v) is 2.83. The SMILES string of the molecule is CCN1CCCCC1c1nc2ccc(Cl)cn2n1. The van der Waals surface area contributed by atoms with Crippen LogP contribution in [0.3, 0.4) is 0 Å². The maximum atomic E-state index is 5.97. The fraction of sp³-hybridized carbons (Fsp3) is 0.538. The van der Waals surface area contributed by atoms with Gasteiger partial charge in [-0.1, -0.05) is 24.9 Å². The molecule has 0 amide bonds. The van der Waals surface area contributed by atoms with Crippen molar-refractivity contribution in [3.63, 3.8) is 0 Å². The minimum Gasteiger partial charge on any atom is -0.294 e. The van der Waals surface area contributed by atoms with Crippen molar-refractivity contribution < 1.29 is 0 Å². The molecule has 96 valence electrons. The van der Waals surface area contributed by atoms with Gasteiger partial charge in [0, 0.05) is 6.20 Å². The lowest BCUT2D eigenvalue weighted by Crippen LogP contribution is -2.33. The van der Waals surface area contributed by atoms with E-state index in [0.717, 1.165) is 31.0 Å². The number of rotatable bonds is 2. The molecule has 3 heterocycles. The lowest BCUT2D eigenvalue weighted by atomic mass is 10.0. The summed E-state index contributed by atoms with van der Waals surface area (Å²) in [6.07, 6.45) is 5.51. The number of hydrogen-bond donors (Lipinski definition) is 0. The quantitative estimate of drug-likeness (QED) is 0.836. The van der Waals surface area contributed by atoms with Crippen LogP contribution in [0.15, 0.2) is 18.3 Å². The first kappa shape index (κ1) is 11.9. The average Bonchev–Trinajstić information content (AvgIpc) is 2.81. The van der Waals surface area contributed by atoms with E-state index >= 15 is 0 Å². The summed E-state index contributed by atoms with van der Waals surface area (Å²) in [5.74, 6) is 0.929. The van der Waals surface area contributed by atoms with Crippen LogP contribution in [0.1, 0.15) is 38.1 Å². The third-order valence-corrected chi connectivity index (χ3v) is 3.85. The molecule has 0 N–H and O–H groups in total. The van der Waals surface area contributed by atoms with E-state index in [4.69, 9.17) is 11.6 Å². The molecular formula is C13H17ClN4. The predicted molar refractivity (Wildman–Crippen MR) is 71.8 cm³/mol. The van der Waals surface area contributed by atoms with E-state index in [1.54, 1.807) is 4.52 Å². The Kier molecular flexibility index (Phi) is 3.22. The highest BCUT2D eigenvalue weighted by molar-refractivity contribution is 6.30. The van der Waals surface area contributed by atoms with Crippen LogP contribution in [0.5, 0.6) is 0 Å². The molecule has 1 fully saturated rings. The van der Waals surface area contributed by atoms with Gasteiger partial charge in [0.1, 0.15) is 0 Å². The van der Waals surface area contributed by atoms with Crippen molar-refractivity contribution >= 4 is 17.2 Å². The molecule has 0 radical (unpaired) electrons. The maximum absolute atomic E-state index is 5.97. The lowest BCUT2D eigenvalue weighted by molar-refractivity contribution is 0.150. The fourth-order valence-electron chi connectivity index (χ4n) is 2.68. The normalized spacial score (nSPS) is 21.6. The molecule has 0 bridgehead atoms. The van der Waals surface area contributed by atoms with Crippen molar-refractivity contribution in [2.45, 2.75) is 32.2 Å². The zero-order chi connectivity index (χ0) is 12.5. The first-order chi connectivity index (χ1) is 8.78. The molecule has 5 heteroatoms. The molecule has 1 aliphatic heterocycles. The first-order valence-electron chi connectivity index (χ1n) is 6.54. The van der Waals surface area contributed by atoms with Crippen molar-refractivity contribution in [1.29, 1.82) is 0 Å². The van der Waals surface area contributed by atoms with E-state index in [9.17, 15) is 0 Å². The maximum Gasteiger partial charge on any atom is 0.168 e. The van der Waals surface area contributed by atoms with Gasteiger partial charge in [0.2, 0.25) is 0 Å². The van der Waals surface area contributed by atoms with Crippen LogP contribution < -0.4 is 0 Å². The van der Waals surface area contributed by atoms with Crippen LogP contribution in [-0.2, 0) is 0 Å². The third kappa shape index (κ3) is 2.10. The molecule has 0 spiro atoms. The predicted octanol–water partition coefficient (Wildman–Crippen LogP) is 2.93. The highest BCUT2D eigenvalue weighted by Crippen LogP contribution is 2.28. The van der Waals surface area contributed by atoms with Gasteiger partial charge in [0.25, 0.3) is 0 Å². The van der Waals surface area contributed by atoms with Gasteiger partial charge in [-0.15, -0.1) is 5.10 Å². The van der Waals surface area contributed by atoms with Gasteiger partial charge in [-0.2, -0.15) is 0 Å². The Balaban J connectivity index is 1.97. The molecule has 1 unspecified atom stereocenters. The van der Waals surface area contributed by atoms with E-state index in [0.29, 0.717) is 11.1 Å². The van der Waals surface area contributed by atoms with Crippen LogP contribution >= 0.6 is 11.6 Å². The Morgan fingerprint density at radius 2 is 2.28 bits per heavy atom. The van der Waals surface area contributed by atoms with Crippen molar-refractivity contribution in [3.8, 4) is 0 Å². The summed E-state index contributed by atoms with van der Waals surface area (Å²) in [6.45, 7) is 4.41. The summed E-state index contributed by atoms with van der Waals surface area (Å²) in [5.41, 5.74) is 0.871. The molecule has 0 aliphatic carbocycles. The number of piperidine rings is 1. The Labute approximate surface area is 112 Å². The number of nitrogens with zero attached hydrogens (tertiary/aromatic N) is 4. The van der Waals surface area contributed by atoms with E-state index in [-0.39, 0.29) is 0 Å². The summed E-state index contributed by atoms with van der Waals surface area (Å²) in [7, 11) is 0. The summed E-state index contributed by atoms with van der Waals surface area (Å²) >= 11 is 5.97. The molecule has 3 rings (SSSR count). The molecule has 18 heavy (non-hydrogen) atoms. The van der Waals surface area contributed by atoms with Crippen molar-refractivity contribution in [1.82, 2.24) is 19.5 Å². The number of likely N-dealkylation sites (tertiary alicyclic amines) is 1. The first-order valence-corrected chi connectivity index (χ1v) is 6.91. The molecule has 0 saturated carbocycles. The Morgan fingerprint density at radius 1 is 1.39 bits per heavy atom. The third-order valence-electron chi connectivity index (χ3n) is 3.63. The second-order valence-corrected chi connectivity index (χ2v) is 5.20. The number of aromatic nitrogens is 3. The second-order valence-electron chi connectivity index (χ2n) is 4.76. The zero-order valence-corrected chi connectivity index (χ0v) is 11.3. The van der Waals surface area contributed by atoms with Gasteiger partial charge < -0.3 is 0 Å². The highest BCUT2D eigenvalue weighted by Gasteiger charge is 2.26. The summed E-state index contributed by atoms with van der Waals surface area (Å²) in [4.78, 5) is 7.09. The Hall–Kier alpha value is -1.13. The van der Waals surface area contributed by atoms with Gasteiger partial charge in [-0.05, 0) is 38.1 Å². The van der Waals surface area contributed by atoms with Crippen molar-refractivity contribution in [2.75, 3.05) is 13.1 Å². The van der Waals surface area contributed by atoms with E-state index in [1.165, 1.54) is 12.8 Å². The van der Waals surface area contributed by atoms with E-state index < -0.39 is 0 Å². The van der Waals surface area contributed by atoms with Gasteiger partial charge in [-0.3, -0.25) is 4.90 Å². The molecule has 1 saturated heterocycles. The largest absolute Gasteiger partial charge is 0.294 e. The Bertz CT molecular complexity index is 551. The summed E-state index contributed by atoms with van der Waals surface area (Å²) in [6, 6.07) is 4.13. The molecular weight excluding hydrogens is 248 g/mol. The van der Waals surface area contributed by atoms with Gasteiger partial charge in [0.05, 0.1) is 11.1 Å². The smallest absolute Gasteiger partial charge is 0.168 e. The van der Waals surface area contributed by atoms with E-state index in [2.05, 4.69) is 21.9 Å².